The molecule has 0 bridgehead atoms. The van der Waals surface area contributed by atoms with Gasteiger partial charge in [-0.25, -0.2) is 4.79 Å². The topological polar surface area (TPSA) is 66.8 Å². The quantitative estimate of drug-likeness (QED) is 0.462. The fourth-order valence-electron chi connectivity index (χ4n) is 1.18. The molecule has 0 aliphatic carbocycles. The van der Waals surface area contributed by atoms with Crippen molar-refractivity contribution in [3.63, 3.8) is 0 Å². The fraction of sp³-hybridized carbons (Fsp3) is 0.750. The van der Waals surface area contributed by atoms with Crippen LogP contribution in [0, 0.1) is 11.8 Å². The predicted octanol–water partition coefficient (Wildman–Crippen LogP) is 1.42. The standard InChI is InChI=1S/C12H20O4/c13-9-7-5-3-1-2-4-6-8-10-16-11-12(14)15/h13H,1-5,7,9-11H2,(H,14,15). The summed E-state index contributed by atoms with van der Waals surface area (Å²) < 4.78 is 4.75. The number of aliphatic hydroxyl groups excluding tert-OH is 1. The minimum Gasteiger partial charge on any atom is -0.480 e. The smallest absolute Gasteiger partial charge is 0.329 e. The molecule has 4 heteroatoms. The van der Waals surface area contributed by atoms with Gasteiger partial charge in [-0.15, -0.1) is 5.92 Å². The van der Waals surface area contributed by atoms with E-state index in [1.165, 1.54) is 0 Å². The largest absolute Gasteiger partial charge is 0.480 e. The van der Waals surface area contributed by atoms with Gasteiger partial charge in [0.25, 0.3) is 0 Å². The van der Waals surface area contributed by atoms with Crippen molar-refractivity contribution in [1.82, 2.24) is 0 Å². The van der Waals surface area contributed by atoms with Crippen LogP contribution < -0.4 is 0 Å². The van der Waals surface area contributed by atoms with Gasteiger partial charge in [0, 0.05) is 13.0 Å². The number of carboxylic acids is 1. The Morgan fingerprint density at radius 1 is 1.06 bits per heavy atom. The Kier molecular flexibility index (Phi) is 11.2. The number of carboxylic acid groups (broad SMARTS) is 1. The van der Waals surface area contributed by atoms with Gasteiger partial charge in [0.1, 0.15) is 13.2 Å². The van der Waals surface area contributed by atoms with Gasteiger partial charge in [-0.05, 0) is 12.8 Å². The molecular formula is C12H20O4. The molecule has 0 aromatic heterocycles. The van der Waals surface area contributed by atoms with Gasteiger partial charge >= 0.3 is 5.97 Å². The molecule has 92 valence electrons. The molecule has 0 spiro atoms. The molecule has 0 radical (unpaired) electrons. The van der Waals surface area contributed by atoms with Crippen LogP contribution in [0.4, 0.5) is 0 Å². The van der Waals surface area contributed by atoms with Gasteiger partial charge in [-0.1, -0.05) is 25.2 Å². The van der Waals surface area contributed by atoms with Gasteiger partial charge in [0.2, 0.25) is 0 Å². The number of hydrogen-bond donors (Lipinski definition) is 2. The summed E-state index contributed by atoms with van der Waals surface area (Å²) in [6.45, 7) is 0.188. The molecule has 2 N–H and O–H groups in total. The first-order valence-corrected chi connectivity index (χ1v) is 5.63. The second kappa shape index (κ2) is 12.0. The Hall–Kier alpha value is -1.05. The molecule has 0 aromatic carbocycles. The monoisotopic (exact) mass is 228 g/mol. The summed E-state index contributed by atoms with van der Waals surface area (Å²) in [5, 5.41) is 16.8. The van der Waals surface area contributed by atoms with Gasteiger partial charge in [0.05, 0.1) is 0 Å². The molecule has 0 unspecified atom stereocenters. The summed E-state index contributed by atoms with van der Waals surface area (Å²) in [5.41, 5.74) is 0. The summed E-state index contributed by atoms with van der Waals surface area (Å²) in [6, 6.07) is 0. The van der Waals surface area contributed by atoms with Gasteiger partial charge in [-0.2, -0.15) is 0 Å². The number of unbranched alkanes of at least 4 members (excludes halogenated alkanes) is 5. The first kappa shape index (κ1) is 14.9. The molecular weight excluding hydrogens is 208 g/mol. The summed E-state index contributed by atoms with van der Waals surface area (Å²) >= 11 is 0. The Bertz CT molecular complexity index is 227. The van der Waals surface area contributed by atoms with E-state index >= 15 is 0 Å². The third kappa shape index (κ3) is 12.9. The van der Waals surface area contributed by atoms with Gasteiger partial charge < -0.3 is 14.9 Å². The predicted molar refractivity (Wildman–Crippen MR) is 61.0 cm³/mol. The van der Waals surface area contributed by atoms with E-state index < -0.39 is 5.97 Å². The summed E-state index contributed by atoms with van der Waals surface area (Å²) in [4.78, 5) is 10.1. The van der Waals surface area contributed by atoms with E-state index in [1.807, 2.05) is 0 Å². The van der Waals surface area contributed by atoms with Crippen molar-refractivity contribution in [2.45, 2.75) is 38.5 Å². The summed E-state index contributed by atoms with van der Waals surface area (Å²) in [5.74, 6) is 4.73. The van der Waals surface area contributed by atoms with E-state index in [-0.39, 0.29) is 19.8 Å². The Morgan fingerprint density at radius 2 is 1.75 bits per heavy atom. The van der Waals surface area contributed by atoms with Crippen molar-refractivity contribution < 1.29 is 19.7 Å². The molecule has 0 aliphatic rings. The number of aliphatic carboxylic acids is 1. The van der Waals surface area contributed by atoms with Crippen LogP contribution in [0.25, 0.3) is 0 Å². The number of hydrogen-bond acceptors (Lipinski definition) is 3. The molecule has 4 nitrogen and oxygen atoms in total. The minimum absolute atomic E-state index is 0.191. The number of carbonyl (C=O) groups is 1. The van der Waals surface area contributed by atoms with E-state index in [2.05, 4.69) is 11.8 Å². The second-order valence-corrected chi connectivity index (χ2v) is 3.48. The maximum absolute atomic E-state index is 10.1. The minimum atomic E-state index is -0.967. The van der Waals surface area contributed by atoms with Crippen LogP contribution in [0.3, 0.4) is 0 Å². The third-order valence-electron chi connectivity index (χ3n) is 1.98. The lowest BCUT2D eigenvalue weighted by atomic mass is 10.1. The van der Waals surface area contributed by atoms with E-state index in [0.717, 1.165) is 38.5 Å². The van der Waals surface area contributed by atoms with Gasteiger partial charge in [-0.3, -0.25) is 0 Å². The third-order valence-corrected chi connectivity index (χ3v) is 1.98. The Morgan fingerprint density at radius 3 is 2.44 bits per heavy atom. The highest BCUT2D eigenvalue weighted by Gasteiger charge is 1.92. The van der Waals surface area contributed by atoms with Crippen LogP contribution >= 0.6 is 0 Å². The van der Waals surface area contributed by atoms with Gasteiger partial charge in [0.15, 0.2) is 0 Å². The Labute approximate surface area is 96.6 Å². The maximum atomic E-state index is 10.1. The van der Waals surface area contributed by atoms with Crippen molar-refractivity contribution in [1.29, 1.82) is 0 Å². The maximum Gasteiger partial charge on any atom is 0.329 e. The fourth-order valence-corrected chi connectivity index (χ4v) is 1.18. The zero-order valence-corrected chi connectivity index (χ0v) is 9.57. The molecule has 0 saturated carbocycles. The molecule has 0 aromatic rings. The molecule has 0 amide bonds. The SMILES string of the molecule is O=C(O)COCC#CCCCCCCCO. The van der Waals surface area contributed by atoms with Crippen molar-refractivity contribution in [2.75, 3.05) is 19.8 Å². The summed E-state index contributed by atoms with van der Waals surface area (Å²) in [6.07, 6.45) is 6.11. The molecule has 0 rings (SSSR count). The lowest BCUT2D eigenvalue weighted by molar-refractivity contribution is -0.141. The van der Waals surface area contributed by atoms with E-state index in [4.69, 9.17) is 14.9 Å². The Balaban J connectivity index is 3.12. The van der Waals surface area contributed by atoms with E-state index in [9.17, 15) is 4.79 Å². The molecule has 0 saturated heterocycles. The molecule has 0 aliphatic heterocycles. The average molecular weight is 228 g/mol. The second-order valence-electron chi connectivity index (χ2n) is 3.48. The molecule has 0 atom stereocenters. The van der Waals surface area contributed by atoms with E-state index in [0.29, 0.717) is 0 Å². The molecule has 0 heterocycles. The highest BCUT2D eigenvalue weighted by Crippen LogP contribution is 2.03. The highest BCUT2D eigenvalue weighted by atomic mass is 16.5. The van der Waals surface area contributed by atoms with Crippen LogP contribution in [-0.2, 0) is 9.53 Å². The van der Waals surface area contributed by atoms with Crippen LogP contribution in [0.15, 0.2) is 0 Å². The number of rotatable bonds is 9. The van der Waals surface area contributed by atoms with Crippen molar-refractivity contribution in [3.05, 3.63) is 0 Å². The zero-order valence-electron chi connectivity index (χ0n) is 9.57. The van der Waals surface area contributed by atoms with Crippen LogP contribution in [0.1, 0.15) is 38.5 Å². The number of ether oxygens (including phenoxy) is 1. The molecule has 16 heavy (non-hydrogen) atoms. The molecule has 0 fully saturated rings. The van der Waals surface area contributed by atoms with Crippen molar-refractivity contribution in [2.24, 2.45) is 0 Å². The highest BCUT2D eigenvalue weighted by molar-refractivity contribution is 5.68. The average Bonchev–Trinajstić information content (AvgIpc) is 2.25. The zero-order chi connectivity index (χ0) is 12.1. The van der Waals surface area contributed by atoms with Crippen LogP contribution in [0.2, 0.25) is 0 Å². The first-order valence-electron chi connectivity index (χ1n) is 5.63. The normalized spacial score (nSPS) is 9.56. The van der Waals surface area contributed by atoms with Crippen molar-refractivity contribution in [3.8, 4) is 11.8 Å². The van der Waals surface area contributed by atoms with Crippen molar-refractivity contribution >= 4 is 5.97 Å². The van der Waals surface area contributed by atoms with E-state index in [1.54, 1.807) is 0 Å². The lowest BCUT2D eigenvalue weighted by Gasteiger charge is -1.96. The van der Waals surface area contributed by atoms with Crippen LogP contribution in [0.5, 0.6) is 0 Å². The summed E-state index contributed by atoms with van der Waals surface area (Å²) in [7, 11) is 0. The first-order chi connectivity index (χ1) is 7.77. The van der Waals surface area contributed by atoms with Crippen LogP contribution in [-0.4, -0.2) is 36.0 Å². The number of aliphatic hydroxyl groups is 1. The lowest BCUT2D eigenvalue weighted by Crippen LogP contribution is -2.06.